The molecule has 2 amide bonds. The van der Waals surface area contributed by atoms with Crippen LogP contribution in [0.25, 0.3) is 0 Å². The van der Waals surface area contributed by atoms with Gasteiger partial charge in [-0.3, -0.25) is 9.59 Å². The average Bonchev–Trinajstić information content (AvgIpc) is 3.56. The van der Waals surface area contributed by atoms with E-state index in [1.807, 2.05) is 46.2 Å². The summed E-state index contributed by atoms with van der Waals surface area (Å²) in [6.45, 7) is 2.89. The van der Waals surface area contributed by atoms with Crippen molar-refractivity contribution in [1.82, 2.24) is 9.80 Å². The van der Waals surface area contributed by atoms with Gasteiger partial charge < -0.3 is 14.5 Å². The molecule has 1 atom stereocenters. The minimum atomic E-state index is -0.237. The summed E-state index contributed by atoms with van der Waals surface area (Å²) in [5.41, 5.74) is 1.73. The number of carbonyl (C=O) groups is 2. The first-order chi connectivity index (χ1) is 15.6. The summed E-state index contributed by atoms with van der Waals surface area (Å²) in [6, 6.07) is 14.0. The Morgan fingerprint density at radius 3 is 2.12 bits per heavy atom. The van der Waals surface area contributed by atoms with Gasteiger partial charge in [0.05, 0.1) is 0 Å². The Balaban J connectivity index is 1.12. The van der Waals surface area contributed by atoms with Crippen molar-refractivity contribution in [3.8, 4) is 5.75 Å². The minimum Gasteiger partial charge on any atom is -0.490 e. The Morgan fingerprint density at radius 2 is 1.47 bits per heavy atom. The molecule has 1 aliphatic carbocycles. The van der Waals surface area contributed by atoms with Crippen LogP contribution in [0.15, 0.2) is 48.5 Å². The zero-order valence-corrected chi connectivity index (χ0v) is 18.2. The lowest BCUT2D eigenvalue weighted by Gasteiger charge is -2.32. The number of piperidine rings is 1. The third-order valence-electron chi connectivity index (χ3n) is 6.90. The van der Waals surface area contributed by atoms with Crippen molar-refractivity contribution in [1.29, 1.82) is 0 Å². The number of nitrogens with zero attached hydrogens (tertiary/aromatic N) is 2. The van der Waals surface area contributed by atoms with E-state index < -0.39 is 0 Å². The van der Waals surface area contributed by atoms with E-state index in [2.05, 4.69) is 0 Å². The molecule has 32 heavy (non-hydrogen) atoms. The highest BCUT2D eigenvalue weighted by atomic mass is 19.1. The molecule has 3 fully saturated rings. The summed E-state index contributed by atoms with van der Waals surface area (Å²) in [4.78, 5) is 29.0. The number of carbonyl (C=O) groups excluding carboxylic acids is 2. The number of halogens is 1. The maximum absolute atomic E-state index is 13.2. The van der Waals surface area contributed by atoms with E-state index in [1.54, 1.807) is 0 Å². The molecule has 3 aliphatic rings. The second-order valence-electron chi connectivity index (χ2n) is 9.23. The second kappa shape index (κ2) is 8.93. The lowest BCUT2D eigenvalue weighted by Crippen LogP contribution is -2.42. The largest absolute Gasteiger partial charge is 0.490 e. The predicted octanol–water partition coefficient (Wildman–Crippen LogP) is 4.24. The van der Waals surface area contributed by atoms with Gasteiger partial charge in [0.2, 0.25) is 5.91 Å². The Bertz CT molecular complexity index is 964. The highest BCUT2D eigenvalue weighted by Crippen LogP contribution is 2.32. The van der Waals surface area contributed by atoms with Crippen LogP contribution in [-0.2, 0) is 4.79 Å². The molecule has 0 aromatic heterocycles. The van der Waals surface area contributed by atoms with Crippen molar-refractivity contribution < 1.29 is 18.7 Å². The van der Waals surface area contributed by atoms with E-state index in [0.717, 1.165) is 56.5 Å². The van der Waals surface area contributed by atoms with Gasteiger partial charge in [-0.25, -0.2) is 4.39 Å². The first kappa shape index (κ1) is 21.0. The summed E-state index contributed by atoms with van der Waals surface area (Å²) in [5, 5.41) is 0. The standard InChI is InChI=1S/C26H29FN2O3/c27-22-7-3-18(4-8-22)21-11-14-29(17-21)26(31)20-5-9-23(10-6-20)32-24-12-15-28(16-13-24)25(30)19-1-2-19/h3-10,19,21,24H,1-2,11-17H2/t21-/m1/s1. The van der Waals surface area contributed by atoms with Gasteiger partial charge in [0.15, 0.2) is 0 Å². The average molecular weight is 437 g/mol. The summed E-state index contributed by atoms with van der Waals surface area (Å²) in [6.07, 6.45) is 4.78. The molecule has 0 bridgehead atoms. The van der Waals surface area contributed by atoms with Crippen LogP contribution < -0.4 is 4.74 Å². The van der Waals surface area contributed by atoms with E-state index in [1.165, 1.54) is 12.1 Å². The molecule has 2 aliphatic heterocycles. The van der Waals surface area contributed by atoms with Gasteiger partial charge in [-0.05, 0) is 61.2 Å². The fourth-order valence-corrected chi connectivity index (χ4v) is 4.79. The van der Waals surface area contributed by atoms with E-state index in [4.69, 9.17) is 4.74 Å². The Morgan fingerprint density at radius 1 is 0.812 bits per heavy atom. The molecule has 2 heterocycles. The van der Waals surface area contributed by atoms with Gasteiger partial charge in [0.1, 0.15) is 17.7 Å². The van der Waals surface area contributed by atoms with Crippen LogP contribution in [0.1, 0.15) is 53.9 Å². The summed E-state index contributed by atoms with van der Waals surface area (Å²) >= 11 is 0. The quantitative estimate of drug-likeness (QED) is 0.705. The van der Waals surface area contributed by atoms with Crippen molar-refractivity contribution in [3.05, 3.63) is 65.5 Å². The number of benzene rings is 2. The van der Waals surface area contributed by atoms with Crippen molar-refractivity contribution in [2.75, 3.05) is 26.2 Å². The molecule has 2 saturated heterocycles. The molecular formula is C26H29FN2O3. The third kappa shape index (κ3) is 4.64. The molecule has 0 unspecified atom stereocenters. The van der Waals surface area contributed by atoms with Crippen molar-refractivity contribution in [2.45, 2.75) is 44.1 Å². The Kier molecular flexibility index (Phi) is 5.85. The Labute approximate surface area is 188 Å². The first-order valence-electron chi connectivity index (χ1n) is 11.7. The van der Waals surface area contributed by atoms with Gasteiger partial charge >= 0.3 is 0 Å². The number of rotatable bonds is 5. The molecule has 2 aromatic rings. The zero-order chi connectivity index (χ0) is 22.1. The lowest BCUT2D eigenvalue weighted by molar-refractivity contribution is -0.134. The number of hydrogen-bond acceptors (Lipinski definition) is 3. The van der Waals surface area contributed by atoms with Gasteiger partial charge in [-0.2, -0.15) is 0 Å². The van der Waals surface area contributed by atoms with Gasteiger partial charge in [-0.1, -0.05) is 12.1 Å². The van der Waals surface area contributed by atoms with E-state index in [9.17, 15) is 14.0 Å². The topological polar surface area (TPSA) is 49.9 Å². The molecule has 5 rings (SSSR count). The van der Waals surface area contributed by atoms with Gasteiger partial charge in [-0.15, -0.1) is 0 Å². The van der Waals surface area contributed by atoms with Crippen LogP contribution in [0.3, 0.4) is 0 Å². The van der Waals surface area contributed by atoms with Crippen LogP contribution in [0.2, 0.25) is 0 Å². The highest BCUT2D eigenvalue weighted by Gasteiger charge is 2.35. The molecular weight excluding hydrogens is 407 g/mol. The first-order valence-corrected chi connectivity index (χ1v) is 11.7. The molecule has 0 N–H and O–H groups in total. The number of likely N-dealkylation sites (tertiary alicyclic amines) is 2. The van der Waals surface area contributed by atoms with Crippen LogP contribution >= 0.6 is 0 Å². The SMILES string of the molecule is O=C(c1ccc(OC2CCN(C(=O)C3CC3)CC2)cc1)N1CC[C@@H](c2ccc(F)cc2)C1. The highest BCUT2D eigenvalue weighted by molar-refractivity contribution is 5.94. The fraction of sp³-hybridized carbons (Fsp3) is 0.462. The predicted molar refractivity (Wildman–Crippen MR) is 119 cm³/mol. The number of hydrogen-bond donors (Lipinski definition) is 0. The third-order valence-corrected chi connectivity index (χ3v) is 6.90. The normalized spacial score (nSPS) is 21.6. The van der Waals surface area contributed by atoms with Crippen LogP contribution in [0.5, 0.6) is 5.75 Å². The monoisotopic (exact) mass is 436 g/mol. The second-order valence-corrected chi connectivity index (χ2v) is 9.23. The van der Waals surface area contributed by atoms with E-state index in [0.29, 0.717) is 24.6 Å². The molecule has 6 heteroatoms. The van der Waals surface area contributed by atoms with Crippen molar-refractivity contribution in [2.24, 2.45) is 5.92 Å². The van der Waals surface area contributed by atoms with Gasteiger partial charge in [0, 0.05) is 56.4 Å². The summed E-state index contributed by atoms with van der Waals surface area (Å²) in [7, 11) is 0. The zero-order valence-electron chi connectivity index (χ0n) is 18.2. The van der Waals surface area contributed by atoms with Gasteiger partial charge in [0.25, 0.3) is 5.91 Å². The van der Waals surface area contributed by atoms with Crippen LogP contribution in [0, 0.1) is 11.7 Å². The van der Waals surface area contributed by atoms with Crippen LogP contribution in [0.4, 0.5) is 4.39 Å². The van der Waals surface area contributed by atoms with Crippen molar-refractivity contribution in [3.63, 3.8) is 0 Å². The summed E-state index contributed by atoms with van der Waals surface area (Å²) in [5.74, 6) is 1.39. The maximum atomic E-state index is 13.2. The van der Waals surface area contributed by atoms with E-state index in [-0.39, 0.29) is 29.7 Å². The molecule has 168 valence electrons. The molecule has 1 saturated carbocycles. The van der Waals surface area contributed by atoms with Crippen molar-refractivity contribution >= 4 is 11.8 Å². The lowest BCUT2D eigenvalue weighted by atomic mass is 9.98. The summed E-state index contributed by atoms with van der Waals surface area (Å²) < 4.78 is 19.3. The molecule has 2 aromatic carbocycles. The van der Waals surface area contributed by atoms with E-state index >= 15 is 0 Å². The number of ether oxygens (including phenoxy) is 1. The smallest absolute Gasteiger partial charge is 0.253 e. The maximum Gasteiger partial charge on any atom is 0.253 e. The van der Waals surface area contributed by atoms with Crippen LogP contribution in [-0.4, -0.2) is 53.9 Å². The number of amides is 2. The molecule has 0 radical (unpaired) electrons. The molecule has 5 nitrogen and oxygen atoms in total. The minimum absolute atomic E-state index is 0.0214. The Hall–Kier alpha value is -2.89. The molecule has 0 spiro atoms. The fourth-order valence-electron chi connectivity index (χ4n) is 4.79.